The molecule has 1 aliphatic carbocycles. The van der Waals surface area contributed by atoms with Gasteiger partial charge in [0.25, 0.3) is 5.91 Å². The number of benzene rings is 2. The van der Waals surface area contributed by atoms with Crippen molar-refractivity contribution in [1.29, 1.82) is 0 Å². The standard InChI is InChI=1S/C24H24N2O4/c1-15(16-7-8-16)25-23(27)14-30-24(28)20-13-22(17-9-11-18(29-2)12-10-17)26-21-6-4-3-5-19(20)21/h3-6,9-13,15-16H,7-8,14H2,1-2H3,(H,25,27)/t15-/m0/s1. The van der Waals surface area contributed by atoms with Crippen LogP contribution in [0.4, 0.5) is 0 Å². The van der Waals surface area contributed by atoms with Crippen LogP contribution in [0, 0.1) is 5.92 Å². The first-order valence-corrected chi connectivity index (χ1v) is 10.1. The van der Waals surface area contributed by atoms with Crippen LogP contribution in [-0.2, 0) is 9.53 Å². The van der Waals surface area contributed by atoms with E-state index < -0.39 is 5.97 Å². The third-order valence-corrected chi connectivity index (χ3v) is 5.37. The Morgan fingerprint density at radius 3 is 2.57 bits per heavy atom. The number of pyridine rings is 1. The molecule has 6 heteroatoms. The fourth-order valence-electron chi connectivity index (χ4n) is 3.47. The number of ether oxygens (including phenoxy) is 2. The zero-order valence-electron chi connectivity index (χ0n) is 17.1. The molecule has 6 nitrogen and oxygen atoms in total. The molecule has 1 atom stereocenters. The van der Waals surface area contributed by atoms with Crippen LogP contribution < -0.4 is 10.1 Å². The molecule has 1 N–H and O–H groups in total. The molecule has 1 aromatic heterocycles. The number of nitrogens with one attached hydrogen (secondary N) is 1. The van der Waals surface area contributed by atoms with Crippen molar-refractivity contribution >= 4 is 22.8 Å². The Bertz CT molecular complexity index is 1070. The van der Waals surface area contributed by atoms with Gasteiger partial charge in [0.2, 0.25) is 0 Å². The molecule has 1 fully saturated rings. The number of fused-ring (bicyclic) bond motifs is 1. The van der Waals surface area contributed by atoms with Gasteiger partial charge in [0.1, 0.15) is 5.75 Å². The van der Waals surface area contributed by atoms with Crippen molar-refractivity contribution in [2.75, 3.05) is 13.7 Å². The van der Waals surface area contributed by atoms with E-state index in [0.717, 1.165) is 24.2 Å². The highest BCUT2D eigenvalue weighted by atomic mass is 16.5. The van der Waals surface area contributed by atoms with Crippen LogP contribution in [0.1, 0.15) is 30.1 Å². The van der Waals surface area contributed by atoms with Crippen LogP contribution in [0.5, 0.6) is 5.75 Å². The van der Waals surface area contributed by atoms with Crippen molar-refractivity contribution in [1.82, 2.24) is 10.3 Å². The number of methoxy groups -OCH3 is 1. The summed E-state index contributed by atoms with van der Waals surface area (Å²) < 4.78 is 10.5. The summed E-state index contributed by atoms with van der Waals surface area (Å²) in [4.78, 5) is 29.6. The van der Waals surface area contributed by atoms with Gasteiger partial charge >= 0.3 is 5.97 Å². The Kier molecular flexibility index (Phi) is 5.65. The number of para-hydroxylation sites is 1. The lowest BCUT2D eigenvalue weighted by Crippen LogP contribution is -2.37. The van der Waals surface area contributed by atoms with Gasteiger partial charge < -0.3 is 14.8 Å². The predicted octanol–water partition coefficient (Wildman–Crippen LogP) is 3.98. The molecular weight excluding hydrogens is 380 g/mol. The van der Waals surface area contributed by atoms with E-state index >= 15 is 0 Å². The summed E-state index contributed by atoms with van der Waals surface area (Å²) in [5, 5.41) is 3.58. The molecule has 1 saturated carbocycles. The molecule has 1 heterocycles. The van der Waals surface area contributed by atoms with Crippen LogP contribution in [0.15, 0.2) is 54.6 Å². The molecule has 2 aromatic carbocycles. The molecule has 0 unspecified atom stereocenters. The number of carbonyl (C=O) groups excluding carboxylic acids is 2. The molecule has 30 heavy (non-hydrogen) atoms. The van der Waals surface area contributed by atoms with Crippen LogP contribution >= 0.6 is 0 Å². The van der Waals surface area contributed by atoms with E-state index in [1.54, 1.807) is 13.2 Å². The Morgan fingerprint density at radius 1 is 1.13 bits per heavy atom. The fourth-order valence-corrected chi connectivity index (χ4v) is 3.47. The Morgan fingerprint density at radius 2 is 1.87 bits per heavy atom. The molecule has 3 aromatic rings. The minimum atomic E-state index is -0.544. The first-order valence-electron chi connectivity index (χ1n) is 10.1. The van der Waals surface area contributed by atoms with Gasteiger partial charge in [-0.05, 0) is 62.1 Å². The van der Waals surface area contributed by atoms with Crippen molar-refractivity contribution in [3.05, 3.63) is 60.2 Å². The molecule has 154 valence electrons. The minimum Gasteiger partial charge on any atom is -0.497 e. The van der Waals surface area contributed by atoms with Crippen molar-refractivity contribution in [2.45, 2.75) is 25.8 Å². The predicted molar refractivity (Wildman–Crippen MR) is 114 cm³/mol. The van der Waals surface area contributed by atoms with E-state index in [-0.39, 0.29) is 18.6 Å². The normalized spacial score (nSPS) is 14.2. The average Bonchev–Trinajstić information content (AvgIpc) is 3.62. The van der Waals surface area contributed by atoms with Crippen LogP contribution in [-0.4, -0.2) is 36.6 Å². The van der Waals surface area contributed by atoms with E-state index in [2.05, 4.69) is 10.3 Å². The average molecular weight is 404 g/mol. The smallest absolute Gasteiger partial charge is 0.339 e. The maximum Gasteiger partial charge on any atom is 0.339 e. The molecule has 0 spiro atoms. The molecule has 4 rings (SSSR count). The Balaban J connectivity index is 1.56. The van der Waals surface area contributed by atoms with Gasteiger partial charge in [-0.2, -0.15) is 0 Å². The van der Waals surface area contributed by atoms with E-state index in [1.165, 1.54) is 0 Å². The second-order valence-electron chi connectivity index (χ2n) is 7.57. The summed E-state index contributed by atoms with van der Waals surface area (Å²) in [6.07, 6.45) is 2.27. The molecule has 0 saturated heterocycles. The van der Waals surface area contributed by atoms with Crippen molar-refractivity contribution < 1.29 is 19.1 Å². The molecule has 1 amide bonds. The summed E-state index contributed by atoms with van der Waals surface area (Å²) in [6, 6.07) is 16.7. The van der Waals surface area contributed by atoms with Crippen LogP contribution in [0.3, 0.4) is 0 Å². The number of hydrogen-bond acceptors (Lipinski definition) is 5. The largest absolute Gasteiger partial charge is 0.497 e. The Labute approximate surface area is 175 Å². The topological polar surface area (TPSA) is 77.5 Å². The third kappa shape index (κ3) is 4.43. The summed E-state index contributed by atoms with van der Waals surface area (Å²) in [5.74, 6) is 0.459. The summed E-state index contributed by atoms with van der Waals surface area (Å²) in [5.41, 5.74) is 2.57. The summed E-state index contributed by atoms with van der Waals surface area (Å²) >= 11 is 0. The van der Waals surface area contributed by atoms with Crippen molar-refractivity contribution in [3.8, 4) is 17.0 Å². The maximum absolute atomic E-state index is 12.8. The van der Waals surface area contributed by atoms with Crippen molar-refractivity contribution in [3.63, 3.8) is 0 Å². The first-order chi connectivity index (χ1) is 14.5. The van der Waals surface area contributed by atoms with Gasteiger partial charge in [0.15, 0.2) is 6.61 Å². The number of amides is 1. The maximum atomic E-state index is 12.8. The number of hydrogen-bond donors (Lipinski definition) is 1. The van der Waals surface area contributed by atoms with Crippen molar-refractivity contribution in [2.24, 2.45) is 5.92 Å². The van der Waals surface area contributed by atoms with Gasteiger partial charge in [-0.3, -0.25) is 4.79 Å². The third-order valence-electron chi connectivity index (χ3n) is 5.37. The molecule has 0 radical (unpaired) electrons. The lowest BCUT2D eigenvalue weighted by Gasteiger charge is -2.13. The molecule has 0 aliphatic heterocycles. The molecule has 1 aliphatic rings. The number of aromatic nitrogens is 1. The number of carbonyl (C=O) groups is 2. The highest BCUT2D eigenvalue weighted by Crippen LogP contribution is 2.32. The van der Waals surface area contributed by atoms with Gasteiger partial charge in [-0.25, -0.2) is 9.78 Å². The SMILES string of the molecule is COc1ccc(-c2cc(C(=O)OCC(=O)N[C@@H](C)C3CC3)c3ccccc3n2)cc1. The zero-order valence-corrected chi connectivity index (χ0v) is 17.1. The summed E-state index contributed by atoms with van der Waals surface area (Å²) in [6.45, 7) is 1.68. The van der Waals surface area contributed by atoms with E-state index in [0.29, 0.717) is 28.1 Å². The van der Waals surface area contributed by atoms with E-state index in [9.17, 15) is 9.59 Å². The van der Waals surface area contributed by atoms with Gasteiger partial charge in [0.05, 0.1) is 23.9 Å². The zero-order chi connectivity index (χ0) is 21.1. The minimum absolute atomic E-state index is 0.111. The van der Waals surface area contributed by atoms with Gasteiger partial charge in [-0.15, -0.1) is 0 Å². The summed E-state index contributed by atoms with van der Waals surface area (Å²) in [7, 11) is 1.61. The molecular formula is C24H24N2O4. The second kappa shape index (κ2) is 8.53. The second-order valence-corrected chi connectivity index (χ2v) is 7.57. The monoisotopic (exact) mass is 404 g/mol. The van der Waals surface area contributed by atoms with Crippen LogP contribution in [0.25, 0.3) is 22.2 Å². The highest BCUT2D eigenvalue weighted by Gasteiger charge is 2.29. The lowest BCUT2D eigenvalue weighted by molar-refractivity contribution is -0.124. The highest BCUT2D eigenvalue weighted by molar-refractivity contribution is 6.05. The van der Waals surface area contributed by atoms with Gasteiger partial charge in [0, 0.05) is 17.0 Å². The number of esters is 1. The quantitative estimate of drug-likeness (QED) is 0.603. The number of rotatable bonds is 7. The van der Waals surface area contributed by atoms with Gasteiger partial charge in [-0.1, -0.05) is 18.2 Å². The number of nitrogens with zero attached hydrogens (tertiary/aromatic N) is 1. The van der Waals surface area contributed by atoms with Crippen LogP contribution in [0.2, 0.25) is 0 Å². The lowest BCUT2D eigenvalue weighted by atomic mass is 10.0. The fraction of sp³-hybridized carbons (Fsp3) is 0.292. The first kappa shape index (κ1) is 19.9. The Hall–Kier alpha value is -3.41. The van der Waals surface area contributed by atoms with E-state index in [4.69, 9.17) is 9.47 Å². The van der Waals surface area contributed by atoms with E-state index in [1.807, 2.05) is 55.5 Å². The molecule has 0 bridgehead atoms.